The topological polar surface area (TPSA) is 32.3 Å². The minimum atomic E-state index is -0.0923. The van der Waals surface area contributed by atoms with Crippen molar-refractivity contribution in [3.05, 3.63) is 34.9 Å². The monoisotopic (exact) mass is 247 g/mol. The van der Waals surface area contributed by atoms with E-state index < -0.39 is 0 Å². The summed E-state index contributed by atoms with van der Waals surface area (Å²) in [5.74, 6) is 0.449. The molecule has 2 unspecified atom stereocenters. The highest BCUT2D eigenvalue weighted by Crippen LogP contribution is 2.23. The maximum Gasteiger partial charge on any atom is 0.0580 e. The summed E-state index contributed by atoms with van der Waals surface area (Å²) in [6, 6.07) is 6.60. The fourth-order valence-electron chi connectivity index (χ4n) is 2.86. The molecule has 1 aromatic carbocycles. The van der Waals surface area contributed by atoms with Crippen molar-refractivity contribution in [1.29, 1.82) is 0 Å². The second-order valence-electron chi connectivity index (χ2n) is 5.67. The third-order valence-electron chi connectivity index (χ3n) is 4.09. The summed E-state index contributed by atoms with van der Waals surface area (Å²) in [4.78, 5) is 0. The van der Waals surface area contributed by atoms with E-state index in [1.54, 1.807) is 0 Å². The lowest BCUT2D eigenvalue weighted by Gasteiger charge is -2.27. The Balaban J connectivity index is 1.81. The molecule has 1 fully saturated rings. The molecule has 0 aromatic heterocycles. The summed E-state index contributed by atoms with van der Waals surface area (Å²) in [6.07, 6.45) is 4.52. The highest BCUT2D eigenvalue weighted by molar-refractivity contribution is 5.30. The van der Waals surface area contributed by atoms with Gasteiger partial charge in [0.05, 0.1) is 6.10 Å². The normalized spacial score (nSPS) is 24.2. The highest BCUT2D eigenvalue weighted by atomic mass is 16.3. The second-order valence-corrected chi connectivity index (χ2v) is 5.67. The maximum absolute atomic E-state index is 9.92. The SMILES string of the molecule is Cc1ccc(CNCC2CCCCC2O)c(C)c1. The molecule has 0 radical (unpaired) electrons. The Morgan fingerprint density at radius 2 is 2.00 bits per heavy atom. The maximum atomic E-state index is 9.92. The second kappa shape index (κ2) is 6.35. The third kappa shape index (κ3) is 3.56. The van der Waals surface area contributed by atoms with Gasteiger partial charge in [0, 0.05) is 13.1 Å². The number of aryl methyl sites for hydroxylation is 2. The molecule has 100 valence electrons. The predicted octanol–water partition coefficient (Wildman–Crippen LogP) is 2.94. The number of hydrogen-bond acceptors (Lipinski definition) is 2. The van der Waals surface area contributed by atoms with E-state index in [1.165, 1.54) is 36.0 Å². The summed E-state index contributed by atoms with van der Waals surface area (Å²) < 4.78 is 0. The van der Waals surface area contributed by atoms with Crippen LogP contribution in [0.5, 0.6) is 0 Å². The summed E-state index contributed by atoms with van der Waals surface area (Å²) >= 11 is 0. The van der Waals surface area contributed by atoms with E-state index in [0.29, 0.717) is 5.92 Å². The summed E-state index contributed by atoms with van der Waals surface area (Å²) in [5.41, 5.74) is 4.04. The molecule has 2 nitrogen and oxygen atoms in total. The van der Waals surface area contributed by atoms with E-state index >= 15 is 0 Å². The van der Waals surface area contributed by atoms with Gasteiger partial charge in [-0.2, -0.15) is 0 Å². The molecule has 0 spiro atoms. The van der Waals surface area contributed by atoms with Crippen molar-refractivity contribution in [2.24, 2.45) is 5.92 Å². The largest absolute Gasteiger partial charge is 0.393 e. The fraction of sp³-hybridized carbons (Fsp3) is 0.625. The van der Waals surface area contributed by atoms with Crippen LogP contribution in [0, 0.1) is 19.8 Å². The van der Waals surface area contributed by atoms with Gasteiger partial charge in [-0.1, -0.05) is 36.6 Å². The smallest absolute Gasteiger partial charge is 0.0580 e. The van der Waals surface area contributed by atoms with Crippen molar-refractivity contribution in [1.82, 2.24) is 5.32 Å². The van der Waals surface area contributed by atoms with Crippen LogP contribution >= 0.6 is 0 Å². The zero-order valence-corrected chi connectivity index (χ0v) is 11.6. The number of rotatable bonds is 4. The van der Waals surface area contributed by atoms with Gasteiger partial charge in [0.1, 0.15) is 0 Å². The molecule has 2 rings (SSSR count). The van der Waals surface area contributed by atoms with Gasteiger partial charge < -0.3 is 10.4 Å². The van der Waals surface area contributed by atoms with Crippen LogP contribution in [0.15, 0.2) is 18.2 Å². The molecule has 2 N–H and O–H groups in total. The van der Waals surface area contributed by atoms with Crippen molar-refractivity contribution in [2.45, 2.75) is 52.2 Å². The van der Waals surface area contributed by atoms with Crippen LogP contribution in [0.25, 0.3) is 0 Å². The minimum absolute atomic E-state index is 0.0923. The van der Waals surface area contributed by atoms with E-state index in [2.05, 4.69) is 37.4 Å². The summed E-state index contributed by atoms with van der Waals surface area (Å²) in [7, 11) is 0. The Bertz CT molecular complexity index is 389. The predicted molar refractivity (Wildman–Crippen MR) is 75.6 cm³/mol. The molecule has 0 amide bonds. The molecule has 0 saturated heterocycles. The Morgan fingerprint density at radius 3 is 2.72 bits per heavy atom. The molecule has 2 heteroatoms. The third-order valence-corrected chi connectivity index (χ3v) is 4.09. The quantitative estimate of drug-likeness (QED) is 0.857. The molecule has 1 aliphatic carbocycles. The van der Waals surface area contributed by atoms with Crippen LogP contribution in [-0.2, 0) is 6.54 Å². The lowest BCUT2D eigenvalue weighted by molar-refractivity contribution is 0.0695. The van der Waals surface area contributed by atoms with Gasteiger partial charge in [0.15, 0.2) is 0 Å². The molecule has 0 heterocycles. The summed E-state index contributed by atoms with van der Waals surface area (Å²) in [5, 5.41) is 13.4. The van der Waals surface area contributed by atoms with Gasteiger partial charge in [-0.3, -0.25) is 0 Å². The fourth-order valence-corrected chi connectivity index (χ4v) is 2.86. The molecular weight excluding hydrogens is 222 g/mol. The Kier molecular flexibility index (Phi) is 4.79. The molecule has 2 atom stereocenters. The molecule has 0 bridgehead atoms. The van der Waals surface area contributed by atoms with Crippen molar-refractivity contribution in [3.63, 3.8) is 0 Å². The first kappa shape index (κ1) is 13.6. The van der Waals surface area contributed by atoms with Crippen LogP contribution in [0.1, 0.15) is 42.4 Å². The van der Waals surface area contributed by atoms with Crippen LogP contribution in [0.2, 0.25) is 0 Å². The van der Waals surface area contributed by atoms with Crippen molar-refractivity contribution in [2.75, 3.05) is 6.54 Å². The Labute approximate surface area is 110 Å². The number of aliphatic hydroxyl groups excluding tert-OH is 1. The molecule has 18 heavy (non-hydrogen) atoms. The number of aliphatic hydroxyl groups is 1. The van der Waals surface area contributed by atoms with E-state index in [1.807, 2.05) is 0 Å². The van der Waals surface area contributed by atoms with Gasteiger partial charge >= 0.3 is 0 Å². The number of hydrogen-bond donors (Lipinski definition) is 2. The van der Waals surface area contributed by atoms with Gasteiger partial charge in [0.2, 0.25) is 0 Å². The number of nitrogens with one attached hydrogen (secondary N) is 1. The molecular formula is C16H25NO. The molecule has 0 aliphatic heterocycles. The van der Waals surface area contributed by atoms with Crippen LogP contribution in [0.4, 0.5) is 0 Å². The summed E-state index contributed by atoms with van der Waals surface area (Å²) in [6.45, 7) is 6.14. The molecule has 1 saturated carbocycles. The zero-order chi connectivity index (χ0) is 13.0. The van der Waals surface area contributed by atoms with Gasteiger partial charge in [-0.25, -0.2) is 0 Å². The van der Waals surface area contributed by atoms with Crippen LogP contribution in [0.3, 0.4) is 0 Å². The lowest BCUT2D eigenvalue weighted by Crippen LogP contribution is -2.33. The standard InChI is InChI=1S/C16H25NO/c1-12-7-8-14(13(2)9-12)10-17-11-15-5-3-4-6-16(15)18/h7-9,15-18H,3-6,10-11H2,1-2H3. The highest BCUT2D eigenvalue weighted by Gasteiger charge is 2.22. The molecule has 1 aromatic rings. The van der Waals surface area contributed by atoms with Crippen molar-refractivity contribution >= 4 is 0 Å². The number of benzene rings is 1. The van der Waals surface area contributed by atoms with E-state index in [4.69, 9.17) is 0 Å². The Hall–Kier alpha value is -0.860. The first-order valence-corrected chi connectivity index (χ1v) is 7.11. The first-order valence-electron chi connectivity index (χ1n) is 7.11. The molecule has 1 aliphatic rings. The van der Waals surface area contributed by atoms with Gasteiger partial charge in [-0.15, -0.1) is 0 Å². The van der Waals surface area contributed by atoms with Crippen LogP contribution in [-0.4, -0.2) is 17.8 Å². The van der Waals surface area contributed by atoms with E-state index in [-0.39, 0.29) is 6.10 Å². The average molecular weight is 247 g/mol. The van der Waals surface area contributed by atoms with Crippen molar-refractivity contribution < 1.29 is 5.11 Å². The van der Waals surface area contributed by atoms with Crippen LogP contribution < -0.4 is 5.32 Å². The van der Waals surface area contributed by atoms with Gasteiger partial charge in [-0.05, 0) is 43.7 Å². The van der Waals surface area contributed by atoms with Crippen molar-refractivity contribution in [3.8, 4) is 0 Å². The van der Waals surface area contributed by atoms with E-state index in [9.17, 15) is 5.11 Å². The first-order chi connectivity index (χ1) is 8.66. The lowest BCUT2D eigenvalue weighted by atomic mass is 9.86. The average Bonchev–Trinajstić information content (AvgIpc) is 2.34. The minimum Gasteiger partial charge on any atom is -0.393 e. The Morgan fingerprint density at radius 1 is 1.22 bits per heavy atom. The zero-order valence-electron chi connectivity index (χ0n) is 11.6. The van der Waals surface area contributed by atoms with E-state index in [0.717, 1.165) is 19.5 Å². The van der Waals surface area contributed by atoms with Gasteiger partial charge in [0.25, 0.3) is 0 Å².